The van der Waals surface area contributed by atoms with Crippen LogP contribution in [-0.2, 0) is 10.3 Å². The molecule has 0 aliphatic carbocycles. The van der Waals surface area contributed by atoms with Crippen LogP contribution in [0.15, 0.2) is 48.5 Å². The monoisotopic (exact) mass is 367 g/mol. The molecular weight excluding hydrogens is 345 g/mol. The summed E-state index contributed by atoms with van der Waals surface area (Å²) in [5.41, 5.74) is 0.650. The molecule has 1 saturated heterocycles. The first-order chi connectivity index (χ1) is 11.7. The summed E-state index contributed by atoms with van der Waals surface area (Å²) in [6.45, 7) is 1.54. The molecule has 0 bridgehead atoms. The molecule has 2 atom stereocenters. The van der Waals surface area contributed by atoms with Gasteiger partial charge in [0.25, 0.3) is 0 Å². The van der Waals surface area contributed by atoms with Crippen molar-refractivity contribution in [3.8, 4) is 5.75 Å². The smallest absolute Gasteiger partial charge is 0.125 e. The topological polar surface area (TPSA) is 50.7 Å². The van der Waals surface area contributed by atoms with Gasteiger partial charge in [-0.3, -0.25) is 0 Å². The zero-order valence-corrected chi connectivity index (χ0v) is 14.9. The van der Waals surface area contributed by atoms with Gasteiger partial charge in [0.05, 0.1) is 20.3 Å². The standard InChI is InChI=1S/C19H22FNO3.ClH/c1-23-18-8-7-15(20)11-16(18)19(13-21-9-10-24-19)17(12-22)14-5-3-2-4-6-14;/h2-8,11,17,21-22H,9-10,12-13H2,1H3;1H. The molecule has 1 aliphatic heterocycles. The highest BCUT2D eigenvalue weighted by Gasteiger charge is 2.45. The summed E-state index contributed by atoms with van der Waals surface area (Å²) in [6.07, 6.45) is 0. The molecule has 0 amide bonds. The van der Waals surface area contributed by atoms with E-state index in [4.69, 9.17) is 9.47 Å². The second-order valence-corrected chi connectivity index (χ2v) is 5.91. The summed E-state index contributed by atoms with van der Waals surface area (Å²) in [5, 5.41) is 13.5. The van der Waals surface area contributed by atoms with E-state index >= 15 is 0 Å². The van der Waals surface area contributed by atoms with E-state index < -0.39 is 5.60 Å². The van der Waals surface area contributed by atoms with Crippen LogP contribution in [0.5, 0.6) is 5.75 Å². The fourth-order valence-corrected chi connectivity index (χ4v) is 3.43. The van der Waals surface area contributed by atoms with Crippen LogP contribution >= 0.6 is 12.4 Å². The molecule has 0 aromatic heterocycles. The molecule has 0 radical (unpaired) electrons. The Morgan fingerprint density at radius 3 is 2.64 bits per heavy atom. The maximum Gasteiger partial charge on any atom is 0.125 e. The third-order valence-corrected chi connectivity index (χ3v) is 4.59. The van der Waals surface area contributed by atoms with Gasteiger partial charge >= 0.3 is 0 Å². The Morgan fingerprint density at radius 1 is 1.28 bits per heavy atom. The molecule has 6 heteroatoms. The molecule has 2 unspecified atom stereocenters. The van der Waals surface area contributed by atoms with Crippen LogP contribution < -0.4 is 10.1 Å². The highest BCUT2D eigenvalue weighted by atomic mass is 35.5. The Balaban J connectivity index is 0.00000225. The molecule has 2 aromatic carbocycles. The summed E-state index contributed by atoms with van der Waals surface area (Å²) in [4.78, 5) is 0. The van der Waals surface area contributed by atoms with Crippen LogP contribution in [0.1, 0.15) is 17.0 Å². The van der Waals surface area contributed by atoms with E-state index in [2.05, 4.69) is 5.32 Å². The Bertz CT molecular complexity index is 678. The van der Waals surface area contributed by atoms with Crippen LogP contribution in [0.2, 0.25) is 0 Å². The molecule has 0 spiro atoms. The number of morpholine rings is 1. The van der Waals surface area contributed by atoms with E-state index in [1.54, 1.807) is 13.2 Å². The Kier molecular flexibility index (Phi) is 6.79. The van der Waals surface area contributed by atoms with Crippen LogP contribution in [0.25, 0.3) is 0 Å². The number of nitrogens with one attached hydrogen (secondary N) is 1. The first kappa shape index (κ1) is 19.7. The van der Waals surface area contributed by atoms with E-state index in [1.165, 1.54) is 12.1 Å². The molecule has 4 nitrogen and oxygen atoms in total. The second kappa shape index (κ2) is 8.63. The van der Waals surface area contributed by atoms with Crippen LogP contribution in [0.3, 0.4) is 0 Å². The zero-order chi connectivity index (χ0) is 17.0. The minimum atomic E-state index is -0.901. The predicted octanol–water partition coefficient (Wildman–Crippen LogP) is 2.85. The molecule has 1 fully saturated rings. The van der Waals surface area contributed by atoms with Crippen molar-refractivity contribution in [1.82, 2.24) is 5.32 Å². The average Bonchev–Trinajstić information content (AvgIpc) is 2.64. The first-order valence-corrected chi connectivity index (χ1v) is 8.06. The van der Waals surface area contributed by atoms with Crippen LogP contribution in [-0.4, -0.2) is 38.5 Å². The number of aliphatic hydroxyl groups is 1. The van der Waals surface area contributed by atoms with Crippen molar-refractivity contribution >= 4 is 12.4 Å². The maximum atomic E-state index is 14.0. The normalized spacial score (nSPS) is 21.2. The van der Waals surface area contributed by atoms with Crippen molar-refractivity contribution in [1.29, 1.82) is 0 Å². The lowest BCUT2D eigenvalue weighted by molar-refractivity contribution is -0.100. The summed E-state index contributed by atoms with van der Waals surface area (Å²) in [5.74, 6) is -0.152. The number of hydrogen-bond donors (Lipinski definition) is 2. The fraction of sp³-hybridized carbons (Fsp3) is 0.368. The average molecular weight is 368 g/mol. The zero-order valence-electron chi connectivity index (χ0n) is 14.1. The van der Waals surface area contributed by atoms with Crippen molar-refractivity contribution in [2.24, 2.45) is 0 Å². The fourth-order valence-electron chi connectivity index (χ4n) is 3.43. The van der Waals surface area contributed by atoms with Crippen molar-refractivity contribution in [2.75, 3.05) is 33.4 Å². The molecule has 1 aliphatic rings. The molecule has 136 valence electrons. The number of ether oxygens (including phenoxy) is 2. The molecular formula is C19H23ClFNO3. The molecule has 2 aromatic rings. The SMILES string of the molecule is COc1ccc(F)cc1C1(C(CO)c2ccccc2)CNCCO1.Cl. The van der Waals surface area contributed by atoms with E-state index in [0.717, 1.165) is 5.56 Å². The summed E-state index contributed by atoms with van der Waals surface area (Å²) < 4.78 is 25.6. The Morgan fingerprint density at radius 2 is 2.04 bits per heavy atom. The van der Waals surface area contributed by atoms with Crippen molar-refractivity contribution < 1.29 is 19.0 Å². The van der Waals surface area contributed by atoms with E-state index in [0.29, 0.717) is 31.0 Å². The first-order valence-electron chi connectivity index (χ1n) is 8.06. The van der Waals surface area contributed by atoms with Gasteiger partial charge in [-0.15, -0.1) is 12.4 Å². The van der Waals surface area contributed by atoms with Crippen molar-refractivity contribution in [3.63, 3.8) is 0 Å². The minimum Gasteiger partial charge on any atom is -0.496 e. The van der Waals surface area contributed by atoms with Crippen LogP contribution in [0, 0.1) is 5.82 Å². The Hall–Kier alpha value is -1.66. The van der Waals surface area contributed by atoms with Gasteiger partial charge in [0.15, 0.2) is 0 Å². The highest BCUT2D eigenvalue weighted by molar-refractivity contribution is 5.85. The maximum absolute atomic E-state index is 14.0. The highest BCUT2D eigenvalue weighted by Crippen LogP contribution is 2.44. The molecule has 1 heterocycles. The second-order valence-electron chi connectivity index (χ2n) is 5.91. The largest absolute Gasteiger partial charge is 0.496 e. The van der Waals surface area contributed by atoms with Gasteiger partial charge in [-0.05, 0) is 23.8 Å². The third-order valence-electron chi connectivity index (χ3n) is 4.59. The van der Waals surface area contributed by atoms with Crippen molar-refractivity contribution in [3.05, 3.63) is 65.5 Å². The van der Waals surface area contributed by atoms with Crippen molar-refractivity contribution in [2.45, 2.75) is 11.5 Å². The lowest BCUT2D eigenvalue weighted by atomic mass is 9.76. The number of rotatable bonds is 5. The van der Waals surface area contributed by atoms with Gasteiger partial charge in [0, 0.05) is 24.6 Å². The summed E-state index contributed by atoms with van der Waals surface area (Å²) in [7, 11) is 1.55. The predicted molar refractivity (Wildman–Crippen MR) is 97.0 cm³/mol. The number of hydrogen-bond acceptors (Lipinski definition) is 4. The number of halogens is 2. The van der Waals surface area contributed by atoms with E-state index in [9.17, 15) is 9.50 Å². The molecule has 0 saturated carbocycles. The van der Waals surface area contributed by atoms with Crippen LogP contribution in [0.4, 0.5) is 4.39 Å². The van der Waals surface area contributed by atoms with Gasteiger partial charge in [-0.2, -0.15) is 0 Å². The lowest BCUT2D eigenvalue weighted by Crippen LogP contribution is -2.52. The molecule has 3 rings (SSSR count). The lowest BCUT2D eigenvalue weighted by Gasteiger charge is -2.44. The van der Waals surface area contributed by atoms with Gasteiger partial charge in [-0.1, -0.05) is 30.3 Å². The summed E-state index contributed by atoms with van der Waals surface area (Å²) in [6, 6.07) is 14.1. The van der Waals surface area contributed by atoms with Gasteiger partial charge in [0.1, 0.15) is 17.2 Å². The third kappa shape index (κ3) is 3.80. The quantitative estimate of drug-likeness (QED) is 0.853. The summed E-state index contributed by atoms with van der Waals surface area (Å²) >= 11 is 0. The minimum absolute atomic E-state index is 0. The molecule has 25 heavy (non-hydrogen) atoms. The van der Waals surface area contributed by atoms with Gasteiger partial charge in [-0.25, -0.2) is 4.39 Å². The van der Waals surface area contributed by atoms with Gasteiger partial charge in [0.2, 0.25) is 0 Å². The molecule has 2 N–H and O–H groups in total. The number of methoxy groups -OCH3 is 1. The Labute approximate surface area is 153 Å². The van der Waals surface area contributed by atoms with Gasteiger partial charge < -0.3 is 19.9 Å². The van der Waals surface area contributed by atoms with E-state index in [1.807, 2.05) is 30.3 Å². The number of benzene rings is 2. The number of aliphatic hydroxyl groups excluding tert-OH is 1. The van der Waals surface area contributed by atoms with E-state index in [-0.39, 0.29) is 30.7 Å².